The summed E-state index contributed by atoms with van der Waals surface area (Å²) in [5, 5.41) is 12.3. The number of phosphoric ester groups is 1. The second kappa shape index (κ2) is 7.27. The smallest absolute Gasteiger partial charge is 0.382 e. The van der Waals surface area contributed by atoms with Crippen molar-refractivity contribution < 1.29 is 37.9 Å². The van der Waals surface area contributed by atoms with Crippen molar-refractivity contribution in [2.75, 3.05) is 20.8 Å². The van der Waals surface area contributed by atoms with Crippen LogP contribution in [0.1, 0.15) is 13.3 Å². The molecule has 1 saturated heterocycles. The quantitative estimate of drug-likeness (QED) is 0.542. The molecule has 0 radical (unpaired) electrons. The van der Waals surface area contributed by atoms with Crippen LogP contribution < -0.4 is 5.32 Å². The van der Waals surface area contributed by atoms with E-state index in [4.69, 9.17) is 14.0 Å². The lowest BCUT2D eigenvalue weighted by Gasteiger charge is -2.35. The third-order valence-electron chi connectivity index (χ3n) is 3.59. The molecule has 2 rings (SSSR count). The molecule has 0 aromatic heterocycles. The van der Waals surface area contributed by atoms with Gasteiger partial charge in [0.15, 0.2) is 0 Å². The highest BCUT2D eigenvalue weighted by Gasteiger charge is 2.44. The van der Waals surface area contributed by atoms with Crippen LogP contribution in [0.25, 0.3) is 0 Å². The lowest BCUT2D eigenvalue weighted by Crippen LogP contribution is -2.53. The monoisotopic (exact) mass is 352 g/mol. The van der Waals surface area contributed by atoms with Gasteiger partial charge in [-0.15, -0.1) is 0 Å². The fraction of sp³-hybridized carbons (Fsp3) is 0.750. The van der Waals surface area contributed by atoms with Crippen molar-refractivity contribution >= 4 is 13.7 Å². The van der Waals surface area contributed by atoms with Crippen molar-refractivity contribution in [3.63, 3.8) is 0 Å². The standard InChI is InChI=1S/C12H21N2O8P/c1-7-5-14(12(16)13-11(7)15)10-4-8(9(21-10)6-19-2)22-23(17,18)20-3/h5,8-10,12,16H,4,6H2,1-3H3,(H,13,15)(H,17,18)/t8?,9-,10-,12?/m1/s1. The molecule has 1 fully saturated rings. The van der Waals surface area contributed by atoms with Crippen LogP contribution in [-0.2, 0) is 27.9 Å². The molecule has 132 valence electrons. The Bertz CT molecular complexity index is 527. The van der Waals surface area contributed by atoms with Crippen molar-refractivity contribution in [2.24, 2.45) is 0 Å². The average molecular weight is 352 g/mol. The molecular formula is C12H21N2O8P. The number of hydrogen-bond acceptors (Lipinski definition) is 8. The van der Waals surface area contributed by atoms with Crippen molar-refractivity contribution in [3.05, 3.63) is 11.8 Å². The summed E-state index contributed by atoms with van der Waals surface area (Å²) < 4.78 is 31.9. The molecule has 0 saturated carbocycles. The highest BCUT2D eigenvalue weighted by Crippen LogP contribution is 2.46. The maximum absolute atomic E-state index is 11.6. The number of carbonyl (C=O) groups is 1. The summed E-state index contributed by atoms with van der Waals surface area (Å²) in [7, 11) is -1.66. The molecule has 0 aromatic rings. The van der Waals surface area contributed by atoms with E-state index < -0.39 is 32.6 Å². The van der Waals surface area contributed by atoms with Gasteiger partial charge in [0.05, 0.1) is 6.61 Å². The van der Waals surface area contributed by atoms with Crippen LogP contribution in [0.15, 0.2) is 11.8 Å². The number of nitrogens with zero attached hydrogens (tertiary/aromatic N) is 1. The number of methoxy groups -OCH3 is 1. The Morgan fingerprint density at radius 2 is 2.22 bits per heavy atom. The van der Waals surface area contributed by atoms with Gasteiger partial charge in [0.1, 0.15) is 18.4 Å². The van der Waals surface area contributed by atoms with Crippen LogP contribution in [0.3, 0.4) is 0 Å². The molecule has 0 spiro atoms. The Labute approximate surface area is 133 Å². The zero-order valence-electron chi connectivity index (χ0n) is 13.0. The van der Waals surface area contributed by atoms with E-state index in [1.165, 1.54) is 18.2 Å². The molecule has 1 amide bonds. The number of aliphatic hydroxyl groups excluding tert-OH is 1. The highest BCUT2D eigenvalue weighted by atomic mass is 31.2. The van der Waals surface area contributed by atoms with E-state index in [1.54, 1.807) is 6.92 Å². The minimum absolute atomic E-state index is 0.129. The molecule has 3 N–H and O–H groups in total. The van der Waals surface area contributed by atoms with Gasteiger partial charge in [-0.1, -0.05) is 0 Å². The van der Waals surface area contributed by atoms with Crippen molar-refractivity contribution in [1.29, 1.82) is 0 Å². The van der Waals surface area contributed by atoms with Gasteiger partial charge in [-0.25, -0.2) is 4.57 Å². The second-order valence-corrected chi connectivity index (χ2v) is 6.73. The van der Waals surface area contributed by atoms with Gasteiger partial charge in [-0.05, 0) is 6.92 Å². The predicted octanol–water partition coefficient (Wildman–Crippen LogP) is -0.509. The van der Waals surface area contributed by atoms with E-state index in [-0.39, 0.29) is 18.9 Å². The maximum Gasteiger partial charge on any atom is 0.472 e. The molecule has 0 aliphatic carbocycles. The minimum Gasteiger partial charge on any atom is -0.382 e. The first-order valence-corrected chi connectivity index (χ1v) is 8.43. The summed E-state index contributed by atoms with van der Waals surface area (Å²) in [5.74, 6) is -0.382. The van der Waals surface area contributed by atoms with Crippen LogP contribution in [0.5, 0.6) is 0 Å². The van der Waals surface area contributed by atoms with Crippen LogP contribution in [0.2, 0.25) is 0 Å². The molecule has 3 unspecified atom stereocenters. The van der Waals surface area contributed by atoms with Gasteiger partial charge in [0.25, 0.3) is 5.91 Å². The molecule has 23 heavy (non-hydrogen) atoms. The molecule has 2 aliphatic heterocycles. The lowest BCUT2D eigenvalue weighted by atomic mass is 10.2. The summed E-state index contributed by atoms with van der Waals surface area (Å²) in [6.45, 7) is 1.72. The molecule has 10 nitrogen and oxygen atoms in total. The van der Waals surface area contributed by atoms with Crippen LogP contribution >= 0.6 is 7.82 Å². The van der Waals surface area contributed by atoms with Gasteiger partial charge >= 0.3 is 7.82 Å². The first-order valence-electron chi connectivity index (χ1n) is 6.93. The molecule has 0 bridgehead atoms. The Morgan fingerprint density at radius 1 is 1.52 bits per heavy atom. The average Bonchev–Trinajstić information content (AvgIpc) is 2.85. The molecule has 2 aliphatic rings. The maximum atomic E-state index is 11.6. The molecule has 11 heteroatoms. The van der Waals surface area contributed by atoms with E-state index in [9.17, 15) is 19.4 Å². The van der Waals surface area contributed by atoms with Gasteiger partial charge in [0, 0.05) is 32.4 Å². The van der Waals surface area contributed by atoms with Crippen LogP contribution in [0.4, 0.5) is 0 Å². The molecule has 2 heterocycles. The number of phosphoric acid groups is 1. The zero-order chi connectivity index (χ0) is 17.2. The van der Waals surface area contributed by atoms with E-state index in [0.717, 1.165) is 7.11 Å². The first-order chi connectivity index (χ1) is 10.8. The van der Waals surface area contributed by atoms with Gasteiger partial charge in [-0.2, -0.15) is 0 Å². The van der Waals surface area contributed by atoms with Crippen LogP contribution in [-0.4, -0.2) is 66.4 Å². The summed E-state index contributed by atoms with van der Waals surface area (Å²) in [6, 6.07) is 0. The van der Waals surface area contributed by atoms with E-state index in [1.807, 2.05) is 0 Å². The van der Waals surface area contributed by atoms with Crippen molar-refractivity contribution in [3.8, 4) is 0 Å². The SMILES string of the molecule is COC[C@H]1O[C@@H](N2C=C(C)C(=O)NC2O)CC1OP(=O)(O)OC. The van der Waals surface area contributed by atoms with Crippen molar-refractivity contribution in [1.82, 2.24) is 10.2 Å². The highest BCUT2D eigenvalue weighted by molar-refractivity contribution is 7.47. The summed E-state index contributed by atoms with van der Waals surface area (Å²) >= 11 is 0. The van der Waals surface area contributed by atoms with Crippen molar-refractivity contribution in [2.45, 2.75) is 38.1 Å². The molecular weight excluding hydrogens is 331 g/mol. The summed E-state index contributed by atoms with van der Waals surface area (Å²) in [4.78, 5) is 22.4. The zero-order valence-corrected chi connectivity index (χ0v) is 13.9. The normalized spacial score (nSPS) is 34.0. The van der Waals surface area contributed by atoms with Gasteiger partial charge < -0.3 is 29.7 Å². The summed E-state index contributed by atoms with van der Waals surface area (Å²) in [6.07, 6.45) is -1.68. The fourth-order valence-corrected chi connectivity index (χ4v) is 3.07. The fourth-order valence-electron chi connectivity index (χ4n) is 2.42. The number of amides is 1. The third kappa shape index (κ3) is 4.30. The van der Waals surface area contributed by atoms with Gasteiger partial charge in [0.2, 0.25) is 6.35 Å². The number of aliphatic hydroxyl groups is 1. The lowest BCUT2D eigenvalue weighted by molar-refractivity contribution is -0.144. The number of ether oxygens (including phenoxy) is 2. The third-order valence-corrected chi connectivity index (χ3v) is 4.59. The van der Waals surface area contributed by atoms with E-state index in [0.29, 0.717) is 5.57 Å². The Kier molecular flexibility index (Phi) is 5.79. The Hall–Kier alpha value is -1.00. The van der Waals surface area contributed by atoms with Gasteiger partial charge in [-0.3, -0.25) is 13.8 Å². The Balaban J connectivity index is 2.13. The van der Waals surface area contributed by atoms with E-state index in [2.05, 4.69) is 9.84 Å². The number of nitrogens with one attached hydrogen (secondary N) is 1. The largest absolute Gasteiger partial charge is 0.472 e. The minimum atomic E-state index is -4.19. The number of rotatable bonds is 6. The number of carbonyl (C=O) groups excluding carboxylic acids is 1. The topological polar surface area (TPSA) is 127 Å². The molecule has 5 atom stereocenters. The predicted molar refractivity (Wildman–Crippen MR) is 76.6 cm³/mol. The first kappa shape index (κ1) is 18.3. The Morgan fingerprint density at radius 3 is 2.83 bits per heavy atom. The van der Waals surface area contributed by atoms with E-state index >= 15 is 0 Å². The van der Waals surface area contributed by atoms with Crippen LogP contribution in [0, 0.1) is 0 Å². The molecule has 0 aromatic carbocycles. The number of hydrogen-bond donors (Lipinski definition) is 3. The second-order valence-electron chi connectivity index (χ2n) is 5.22. The summed E-state index contributed by atoms with van der Waals surface area (Å²) in [5.41, 5.74) is 0.399.